The van der Waals surface area contributed by atoms with Crippen molar-refractivity contribution < 1.29 is 19.0 Å². The number of H-pyrrole nitrogens is 1. The number of pyridine rings is 1. The van der Waals surface area contributed by atoms with Crippen molar-refractivity contribution in [2.75, 3.05) is 38.9 Å². The van der Waals surface area contributed by atoms with Crippen molar-refractivity contribution in [1.29, 1.82) is 0 Å². The molecule has 0 bridgehead atoms. The molecule has 6 rings (SSSR count). The summed E-state index contributed by atoms with van der Waals surface area (Å²) in [5.74, 6) is 2.61. The Morgan fingerprint density at radius 2 is 2.03 bits per heavy atom. The number of hydrogen-bond donors (Lipinski definition) is 4. The van der Waals surface area contributed by atoms with E-state index in [0.29, 0.717) is 22.2 Å². The van der Waals surface area contributed by atoms with Crippen LogP contribution < -0.4 is 30.2 Å². The average molecular weight is 535 g/mol. The molecule has 0 saturated carbocycles. The molecule has 0 unspecified atom stereocenters. The van der Waals surface area contributed by atoms with Gasteiger partial charge < -0.3 is 35.1 Å². The molecule has 1 atom stereocenters. The van der Waals surface area contributed by atoms with Gasteiger partial charge in [-0.15, -0.1) is 0 Å². The number of nitrogens with one attached hydrogen (secondary N) is 4. The largest absolute Gasteiger partial charge is 0.484 e. The van der Waals surface area contributed by atoms with Crippen LogP contribution in [0.2, 0.25) is 5.02 Å². The van der Waals surface area contributed by atoms with Crippen LogP contribution in [0.15, 0.2) is 48.7 Å². The Kier molecular flexibility index (Phi) is 6.42. The van der Waals surface area contributed by atoms with E-state index in [1.54, 1.807) is 25.4 Å². The number of aromatic amines is 1. The minimum absolute atomic E-state index is 0.0409. The molecule has 0 radical (unpaired) electrons. The Balaban J connectivity index is 1.27. The number of fused-ring (bicyclic) bond motifs is 2. The summed E-state index contributed by atoms with van der Waals surface area (Å²) in [6.45, 7) is 1.88. The topological polar surface area (TPSA) is 122 Å². The average Bonchev–Trinajstić information content (AvgIpc) is 3.69. The lowest BCUT2D eigenvalue weighted by molar-refractivity contribution is -0.122. The number of ether oxygens (including phenoxy) is 3. The number of hydrogen-bond acceptors (Lipinski definition) is 8. The fraction of sp³-hybridized carbons (Fsp3) is 0.296. The number of rotatable bonds is 8. The summed E-state index contributed by atoms with van der Waals surface area (Å²) >= 11 is 6.69. The zero-order valence-electron chi connectivity index (χ0n) is 20.8. The molecular weight excluding hydrogens is 508 g/mol. The van der Waals surface area contributed by atoms with Gasteiger partial charge in [0, 0.05) is 19.2 Å². The summed E-state index contributed by atoms with van der Waals surface area (Å²) in [4.78, 5) is 24.0. The van der Waals surface area contributed by atoms with Gasteiger partial charge in [-0.25, -0.2) is 9.97 Å². The number of anilines is 1. The second-order valence-electron chi connectivity index (χ2n) is 9.45. The first-order chi connectivity index (χ1) is 18.5. The Labute approximate surface area is 224 Å². The van der Waals surface area contributed by atoms with Crippen molar-refractivity contribution >= 4 is 34.4 Å². The zero-order chi connectivity index (χ0) is 26.1. The van der Waals surface area contributed by atoms with E-state index in [0.717, 1.165) is 59.8 Å². The van der Waals surface area contributed by atoms with Crippen LogP contribution >= 0.6 is 11.6 Å². The van der Waals surface area contributed by atoms with Gasteiger partial charge >= 0.3 is 0 Å². The van der Waals surface area contributed by atoms with Crippen LogP contribution in [-0.2, 0) is 11.2 Å². The highest BCUT2D eigenvalue weighted by molar-refractivity contribution is 6.34. The number of nitrogens with zero attached hydrogens (tertiary/aromatic N) is 2. The summed E-state index contributed by atoms with van der Waals surface area (Å²) in [5, 5.41) is 10.3. The van der Waals surface area contributed by atoms with E-state index >= 15 is 0 Å². The van der Waals surface area contributed by atoms with E-state index in [-0.39, 0.29) is 24.8 Å². The maximum absolute atomic E-state index is 11.4. The molecule has 2 aromatic heterocycles. The predicted molar refractivity (Wildman–Crippen MR) is 144 cm³/mol. The van der Waals surface area contributed by atoms with Crippen LogP contribution in [0.25, 0.3) is 22.6 Å². The molecule has 4 heterocycles. The Morgan fingerprint density at radius 1 is 1.18 bits per heavy atom. The van der Waals surface area contributed by atoms with E-state index < -0.39 is 0 Å². The van der Waals surface area contributed by atoms with Gasteiger partial charge in [0.25, 0.3) is 5.91 Å². The summed E-state index contributed by atoms with van der Waals surface area (Å²) < 4.78 is 16.6. The van der Waals surface area contributed by atoms with Gasteiger partial charge in [0.2, 0.25) is 6.79 Å². The second kappa shape index (κ2) is 10.0. The maximum Gasteiger partial charge on any atom is 0.257 e. The normalized spacial score (nSPS) is 18.1. The highest BCUT2D eigenvalue weighted by Gasteiger charge is 2.35. The molecule has 196 valence electrons. The molecular formula is C27H27ClN6O4. The summed E-state index contributed by atoms with van der Waals surface area (Å²) in [6, 6.07) is 13.5. The van der Waals surface area contributed by atoms with E-state index in [9.17, 15) is 4.79 Å². The lowest BCUT2D eigenvalue weighted by Gasteiger charge is -2.31. The third-order valence-electron chi connectivity index (χ3n) is 6.86. The lowest BCUT2D eigenvalue weighted by atomic mass is 9.89. The highest BCUT2D eigenvalue weighted by atomic mass is 35.5. The van der Waals surface area contributed by atoms with Crippen molar-refractivity contribution in [3.05, 3.63) is 59.2 Å². The SMILES string of the molecule is CNC(=O)COc1ccc(-c2nc3ncc(Cl)c(N[C@@]4(Cc5ccc6c(c5)OCO6)CCNC4)c3[nH]2)cc1. The van der Waals surface area contributed by atoms with E-state index in [2.05, 4.69) is 32.0 Å². The van der Waals surface area contributed by atoms with Crippen molar-refractivity contribution in [1.82, 2.24) is 25.6 Å². The van der Waals surface area contributed by atoms with Crippen molar-refractivity contribution in [3.63, 3.8) is 0 Å². The molecule has 1 saturated heterocycles. The molecule has 2 aromatic carbocycles. The molecule has 4 aromatic rings. The number of halogens is 1. The Hall–Kier alpha value is -4.02. The van der Waals surface area contributed by atoms with Gasteiger partial charge in [0.1, 0.15) is 17.1 Å². The first kappa shape index (κ1) is 24.3. The van der Waals surface area contributed by atoms with Gasteiger partial charge in [-0.3, -0.25) is 4.79 Å². The third kappa shape index (κ3) is 4.80. The van der Waals surface area contributed by atoms with Crippen molar-refractivity contribution in [3.8, 4) is 28.6 Å². The van der Waals surface area contributed by atoms with Crippen LogP contribution in [-0.4, -0.2) is 59.9 Å². The first-order valence-electron chi connectivity index (χ1n) is 12.4. The van der Waals surface area contributed by atoms with Gasteiger partial charge in [-0.1, -0.05) is 17.7 Å². The molecule has 2 aliphatic heterocycles. The maximum atomic E-state index is 11.4. The smallest absolute Gasteiger partial charge is 0.257 e. The summed E-state index contributed by atoms with van der Waals surface area (Å²) in [6.07, 6.45) is 3.32. The quantitative estimate of drug-likeness (QED) is 0.271. The van der Waals surface area contributed by atoms with E-state index in [4.69, 9.17) is 30.8 Å². The molecule has 10 nitrogen and oxygen atoms in total. The van der Waals surface area contributed by atoms with Crippen molar-refractivity contribution in [2.24, 2.45) is 0 Å². The number of carbonyl (C=O) groups excluding carboxylic acids is 1. The van der Waals surface area contributed by atoms with Crippen LogP contribution in [0, 0.1) is 0 Å². The molecule has 0 spiro atoms. The molecule has 38 heavy (non-hydrogen) atoms. The molecule has 4 N–H and O–H groups in total. The Bertz CT molecular complexity index is 1480. The number of likely N-dealkylation sites (N-methyl/N-ethyl adjacent to an activating group) is 1. The van der Waals surface area contributed by atoms with Gasteiger partial charge in [0.15, 0.2) is 23.8 Å². The predicted octanol–water partition coefficient (Wildman–Crippen LogP) is 3.52. The highest BCUT2D eigenvalue weighted by Crippen LogP contribution is 2.37. The number of carbonyl (C=O) groups is 1. The molecule has 11 heteroatoms. The second-order valence-corrected chi connectivity index (χ2v) is 9.86. The van der Waals surface area contributed by atoms with Gasteiger partial charge in [0.05, 0.1) is 22.4 Å². The van der Waals surface area contributed by atoms with Crippen LogP contribution in [0.4, 0.5) is 5.69 Å². The zero-order valence-corrected chi connectivity index (χ0v) is 21.5. The van der Waals surface area contributed by atoms with E-state index in [1.165, 1.54) is 0 Å². The van der Waals surface area contributed by atoms with Gasteiger partial charge in [-0.05, 0) is 61.3 Å². The van der Waals surface area contributed by atoms with Gasteiger partial charge in [-0.2, -0.15) is 0 Å². The monoisotopic (exact) mass is 534 g/mol. The molecule has 2 aliphatic rings. The fourth-order valence-electron chi connectivity index (χ4n) is 4.87. The summed E-state index contributed by atoms with van der Waals surface area (Å²) in [5.41, 5.74) is 3.82. The lowest BCUT2D eigenvalue weighted by Crippen LogP contribution is -2.43. The fourth-order valence-corrected chi connectivity index (χ4v) is 5.07. The number of amides is 1. The number of aromatic nitrogens is 3. The minimum Gasteiger partial charge on any atom is -0.484 e. The Morgan fingerprint density at radius 3 is 2.82 bits per heavy atom. The van der Waals surface area contributed by atoms with Crippen LogP contribution in [0.5, 0.6) is 17.2 Å². The van der Waals surface area contributed by atoms with E-state index in [1.807, 2.05) is 24.3 Å². The molecule has 1 fully saturated rings. The first-order valence-corrected chi connectivity index (χ1v) is 12.8. The number of imidazole rings is 1. The molecule has 1 amide bonds. The van der Waals surface area contributed by atoms with Crippen LogP contribution in [0.1, 0.15) is 12.0 Å². The summed E-state index contributed by atoms with van der Waals surface area (Å²) in [7, 11) is 1.57. The van der Waals surface area contributed by atoms with Crippen LogP contribution in [0.3, 0.4) is 0 Å². The number of benzene rings is 2. The molecule has 0 aliphatic carbocycles. The van der Waals surface area contributed by atoms with Crippen molar-refractivity contribution in [2.45, 2.75) is 18.4 Å². The standard InChI is InChI=1S/C27H27ClN6O4/c1-29-22(35)13-36-18-5-3-17(4-6-18)25-32-24-23(19(28)12-31-26(24)33-25)34-27(8-9-30-14-27)11-16-2-7-20-21(10-16)38-15-37-20/h2-7,10,12,30H,8-9,11,13-15H2,1H3,(H,29,35)(H2,31,32,33,34)/t27-/m1/s1. The minimum atomic E-state index is -0.263. The third-order valence-corrected chi connectivity index (χ3v) is 7.15.